The molecule has 8 atom stereocenters. The Morgan fingerprint density at radius 1 is 0.767 bits per heavy atom. The Morgan fingerprint density at radius 3 is 1.77 bits per heavy atom. The number of hydrogen-bond donors (Lipinski definition) is 1. The third-order valence-corrected chi connectivity index (χ3v) is 10.4. The van der Waals surface area contributed by atoms with E-state index in [1.165, 1.54) is 12.2 Å². The molecule has 1 heterocycles. The molecule has 0 saturated carbocycles. The Kier molecular flexibility index (Phi) is 17.7. The van der Waals surface area contributed by atoms with Gasteiger partial charge in [-0.3, -0.25) is 4.79 Å². The maximum atomic E-state index is 13.8. The van der Waals surface area contributed by atoms with Crippen LogP contribution < -0.4 is 14.2 Å². The first-order chi connectivity index (χ1) is 29.0. The van der Waals surface area contributed by atoms with Gasteiger partial charge in [-0.1, -0.05) is 85.8 Å². The van der Waals surface area contributed by atoms with Crippen molar-refractivity contribution in [3.8, 4) is 17.2 Å². The summed E-state index contributed by atoms with van der Waals surface area (Å²) in [5.74, 6) is 0.873. The van der Waals surface area contributed by atoms with Crippen LogP contribution >= 0.6 is 11.6 Å². The summed E-state index contributed by atoms with van der Waals surface area (Å²) in [5, 5.41) is 10.9. The van der Waals surface area contributed by atoms with Gasteiger partial charge in [0.2, 0.25) is 0 Å². The molecular weight excluding hydrogens is 788 g/mol. The van der Waals surface area contributed by atoms with E-state index in [0.717, 1.165) is 16.7 Å². The number of halogens is 1. The Labute approximate surface area is 357 Å². The number of Topliss-reactive ketones (excluding diaryl/α,β-unsaturated/α-hetero) is 1. The van der Waals surface area contributed by atoms with Gasteiger partial charge in [-0.15, -0.1) is 0 Å². The summed E-state index contributed by atoms with van der Waals surface area (Å²) in [6.45, 7) is 7.89. The number of benzene rings is 4. The van der Waals surface area contributed by atoms with E-state index in [1.807, 2.05) is 85.8 Å². The van der Waals surface area contributed by atoms with Crippen molar-refractivity contribution in [3.63, 3.8) is 0 Å². The molecular formula is C48H55ClO11. The lowest BCUT2D eigenvalue weighted by molar-refractivity contribution is -0.261. The quantitative estimate of drug-likeness (QED) is 0.0605. The van der Waals surface area contributed by atoms with Gasteiger partial charge in [-0.25, -0.2) is 4.79 Å². The number of hydrogen-bond acceptors (Lipinski definition) is 11. The largest absolute Gasteiger partial charge is 0.497 e. The molecule has 60 heavy (non-hydrogen) atoms. The van der Waals surface area contributed by atoms with Crippen LogP contribution in [-0.2, 0) is 48.3 Å². The highest BCUT2D eigenvalue weighted by Crippen LogP contribution is 2.37. The minimum atomic E-state index is -1.11. The fraction of sp³-hybridized carbons (Fsp3) is 0.375. The second-order valence-corrected chi connectivity index (χ2v) is 15.2. The predicted molar refractivity (Wildman–Crippen MR) is 228 cm³/mol. The van der Waals surface area contributed by atoms with Crippen LogP contribution in [0.3, 0.4) is 0 Å². The topological polar surface area (TPSA) is 128 Å². The number of carbonyl (C=O) groups is 2. The normalized spacial score (nSPS) is 20.5. The number of ether oxygens (including phenoxy) is 8. The molecule has 0 amide bonds. The summed E-state index contributed by atoms with van der Waals surface area (Å²) in [5.41, 5.74) is 3.00. The number of aliphatic hydroxyl groups excluding tert-OH is 1. The van der Waals surface area contributed by atoms with Crippen molar-refractivity contribution in [2.75, 3.05) is 21.3 Å². The molecule has 0 bridgehead atoms. The summed E-state index contributed by atoms with van der Waals surface area (Å²) < 4.78 is 49.3. The molecule has 1 fully saturated rings. The second-order valence-electron chi connectivity index (χ2n) is 14.7. The highest BCUT2D eigenvalue weighted by Gasteiger charge is 2.50. The maximum Gasteiger partial charge on any atom is 0.338 e. The molecule has 1 N–H and O–H groups in total. The van der Waals surface area contributed by atoms with Crippen LogP contribution in [0.25, 0.3) is 0 Å². The van der Waals surface area contributed by atoms with Crippen LogP contribution in [0.2, 0.25) is 0 Å². The molecule has 11 nitrogen and oxygen atoms in total. The highest BCUT2D eigenvalue weighted by atomic mass is 35.5. The number of ketones is 1. The smallest absolute Gasteiger partial charge is 0.338 e. The standard InChI is InChI=1S/C48H55ClO11/c1-31(49)12-19-38(50)26-39(51)27-43-47(58-30-36-17-24-42(55-6)25-18-36)44(56-28-34-13-20-40(53-4)21-14-34)32(2)45(60-43)46(57-29-35-15-22-41(54-5)23-16-35)33(3)59-48(52)37-10-8-7-9-11-37/h7-25,32-33,38,43-47,50H,1,26-30H2,2-6H3/b19-12+/t32-,33-,38-,43-,44-,45-,46-,47-/m1/s1. The number of aliphatic hydroxyl groups is 1. The average Bonchev–Trinajstić information content (AvgIpc) is 3.26. The number of esters is 1. The SMILES string of the molecule is C=C(Cl)/C=C/[C@@H](O)CC(=O)C[C@H]1O[C@@H]([C@H](OCc2ccc(OC)cc2)[C@@H](C)OC(=O)c2ccccc2)[C@H](C)[C@@H](OCc2ccc(OC)cc2)[C@@H]1OCc1ccc(OC)cc1. The number of rotatable bonds is 22. The summed E-state index contributed by atoms with van der Waals surface area (Å²) in [6.07, 6.45) is -3.31. The first-order valence-electron chi connectivity index (χ1n) is 19.8. The average molecular weight is 843 g/mol. The van der Waals surface area contributed by atoms with E-state index in [9.17, 15) is 14.7 Å². The molecule has 1 aliphatic rings. The molecule has 0 spiro atoms. The number of methoxy groups -OCH3 is 3. The Hall–Kier alpha value is -5.01. The van der Waals surface area contributed by atoms with Crippen LogP contribution in [0.1, 0.15) is 53.7 Å². The molecule has 0 aromatic heterocycles. The first-order valence-corrected chi connectivity index (χ1v) is 20.2. The van der Waals surface area contributed by atoms with Gasteiger partial charge < -0.3 is 43.0 Å². The van der Waals surface area contributed by atoms with Gasteiger partial charge in [-0.05, 0) is 78.2 Å². The summed E-state index contributed by atoms with van der Waals surface area (Å²) in [4.78, 5) is 27.3. The molecule has 1 aliphatic heterocycles. The van der Waals surface area contributed by atoms with Gasteiger partial charge in [0.05, 0.1) is 71.1 Å². The lowest BCUT2D eigenvalue weighted by Gasteiger charge is -2.48. The van der Waals surface area contributed by atoms with Gasteiger partial charge in [0.25, 0.3) is 0 Å². The van der Waals surface area contributed by atoms with Crippen molar-refractivity contribution in [2.45, 2.75) is 89.2 Å². The first kappa shape index (κ1) is 46.1. The molecule has 4 aromatic carbocycles. The van der Waals surface area contributed by atoms with E-state index >= 15 is 0 Å². The Bertz CT molecular complexity index is 1970. The van der Waals surface area contributed by atoms with E-state index in [-0.39, 0.29) is 43.5 Å². The van der Waals surface area contributed by atoms with E-state index in [0.29, 0.717) is 22.8 Å². The van der Waals surface area contributed by atoms with E-state index < -0.39 is 54.6 Å². The van der Waals surface area contributed by atoms with Crippen LogP contribution in [-0.4, -0.2) is 80.9 Å². The minimum Gasteiger partial charge on any atom is -0.497 e. The number of allylic oxidation sites excluding steroid dienone is 2. The molecule has 5 rings (SSSR count). The fourth-order valence-corrected chi connectivity index (χ4v) is 7.11. The summed E-state index contributed by atoms with van der Waals surface area (Å²) >= 11 is 5.88. The second kappa shape index (κ2) is 23.1. The highest BCUT2D eigenvalue weighted by molar-refractivity contribution is 6.30. The van der Waals surface area contributed by atoms with Crippen LogP contribution in [0.15, 0.2) is 127 Å². The van der Waals surface area contributed by atoms with E-state index in [4.69, 9.17) is 49.5 Å². The molecule has 0 radical (unpaired) electrons. The van der Waals surface area contributed by atoms with Crippen molar-refractivity contribution < 1.29 is 52.6 Å². The lowest BCUT2D eigenvalue weighted by atomic mass is 9.82. The predicted octanol–water partition coefficient (Wildman–Crippen LogP) is 8.44. The van der Waals surface area contributed by atoms with E-state index in [1.54, 1.807) is 52.5 Å². The summed E-state index contributed by atoms with van der Waals surface area (Å²) in [7, 11) is 4.81. The molecule has 4 aromatic rings. The Morgan fingerprint density at radius 2 is 1.27 bits per heavy atom. The van der Waals surface area contributed by atoms with Crippen molar-refractivity contribution in [3.05, 3.63) is 149 Å². The Balaban J connectivity index is 1.51. The third-order valence-electron chi connectivity index (χ3n) is 10.3. The van der Waals surface area contributed by atoms with Gasteiger partial charge in [0.1, 0.15) is 41.3 Å². The number of carbonyl (C=O) groups excluding carboxylic acids is 2. The van der Waals surface area contributed by atoms with Gasteiger partial charge in [-0.2, -0.15) is 0 Å². The van der Waals surface area contributed by atoms with Crippen LogP contribution in [0, 0.1) is 5.92 Å². The van der Waals surface area contributed by atoms with Crippen LogP contribution in [0.5, 0.6) is 17.2 Å². The monoisotopic (exact) mass is 842 g/mol. The zero-order valence-electron chi connectivity index (χ0n) is 34.7. The molecule has 0 aliphatic carbocycles. The van der Waals surface area contributed by atoms with Gasteiger partial charge in [0, 0.05) is 23.8 Å². The summed E-state index contributed by atoms with van der Waals surface area (Å²) in [6, 6.07) is 31.3. The zero-order valence-corrected chi connectivity index (χ0v) is 35.5. The maximum absolute atomic E-state index is 13.8. The van der Waals surface area contributed by atoms with Crippen molar-refractivity contribution in [1.29, 1.82) is 0 Å². The lowest BCUT2D eigenvalue weighted by Crippen LogP contribution is -2.60. The van der Waals surface area contributed by atoms with Crippen molar-refractivity contribution in [1.82, 2.24) is 0 Å². The minimum absolute atomic E-state index is 0.130. The molecule has 320 valence electrons. The zero-order chi connectivity index (χ0) is 43.0. The van der Waals surface area contributed by atoms with Crippen molar-refractivity contribution in [2.24, 2.45) is 5.92 Å². The molecule has 1 saturated heterocycles. The molecule has 12 heteroatoms. The van der Waals surface area contributed by atoms with Crippen molar-refractivity contribution >= 4 is 23.4 Å². The molecule has 0 unspecified atom stereocenters. The van der Waals surface area contributed by atoms with E-state index in [2.05, 4.69) is 6.58 Å². The fourth-order valence-electron chi connectivity index (χ4n) is 7.03. The van der Waals surface area contributed by atoms with Crippen LogP contribution in [0.4, 0.5) is 0 Å². The van der Waals surface area contributed by atoms with Gasteiger partial charge >= 0.3 is 5.97 Å². The van der Waals surface area contributed by atoms with Gasteiger partial charge in [0.15, 0.2) is 0 Å². The third kappa shape index (κ3) is 13.5.